The molecule has 0 unspecified atom stereocenters. The smallest absolute Gasteiger partial charge is 0.338 e. The van der Waals surface area contributed by atoms with E-state index in [9.17, 15) is 28.8 Å². The van der Waals surface area contributed by atoms with Gasteiger partial charge in [-0.1, -0.05) is 167 Å². The van der Waals surface area contributed by atoms with E-state index in [-0.39, 0.29) is 53.6 Å². The summed E-state index contributed by atoms with van der Waals surface area (Å²) in [6.07, 6.45) is 34.2. The van der Waals surface area contributed by atoms with E-state index in [0.717, 1.165) is 127 Å². The summed E-state index contributed by atoms with van der Waals surface area (Å²) in [6.45, 7) is 16.3. The maximum atomic E-state index is 12.6. The topological polar surface area (TPSA) is 158 Å². The van der Waals surface area contributed by atoms with Gasteiger partial charge in [-0.05, 0) is 279 Å². The van der Waals surface area contributed by atoms with Crippen molar-refractivity contribution < 1.29 is 57.2 Å². The Hall–Kier alpha value is -9.40. The highest BCUT2D eigenvalue weighted by Gasteiger charge is 2.38. The Morgan fingerprint density at radius 1 is 0.226 bits per heavy atom. The summed E-state index contributed by atoms with van der Waals surface area (Å²) in [6, 6.07) is 75.1. The van der Waals surface area contributed by atoms with E-state index < -0.39 is 5.41 Å². The average Bonchev–Trinajstić information content (AvgIpc) is 1.57. The molecule has 9 aliphatic rings. The van der Waals surface area contributed by atoms with Crippen LogP contribution in [-0.2, 0) is 94.1 Å². The highest BCUT2D eigenvalue weighted by Crippen LogP contribution is 2.44. The van der Waals surface area contributed by atoms with Gasteiger partial charge in [-0.15, -0.1) is 0 Å². The first kappa shape index (κ1) is 101. The van der Waals surface area contributed by atoms with Gasteiger partial charge < -0.3 is 28.4 Å². The fourth-order valence-electron chi connectivity index (χ4n) is 20.1. The van der Waals surface area contributed by atoms with Crippen molar-refractivity contribution in [2.75, 3.05) is 69.0 Å². The van der Waals surface area contributed by atoms with Crippen molar-refractivity contribution >= 4 is 166 Å². The summed E-state index contributed by atoms with van der Waals surface area (Å²) in [5.41, 5.74) is 0.343. The zero-order chi connectivity index (χ0) is 95.2. The van der Waals surface area contributed by atoms with E-state index in [1.807, 2.05) is 106 Å². The molecule has 137 heavy (non-hydrogen) atoms. The molecule has 12 aromatic rings. The monoisotopic (exact) mass is 1950 g/mol. The number of hydrogen-bond donors (Lipinski definition) is 0. The molecule has 3 aliphatic carbocycles. The molecule has 18 heteroatoms. The molecule has 0 N–H and O–H groups in total. The van der Waals surface area contributed by atoms with Crippen molar-refractivity contribution in [1.82, 2.24) is 0 Å². The van der Waals surface area contributed by atoms with Gasteiger partial charge in [0, 0.05) is 141 Å². The molecule has 0 amide bonds. The summed E-state index contributed by atoms with van der Waals surface area (Å²) in [4.78, 5) is 81.8. The average molecular weight is 1950 g/mol. The van der Waals surface area contributed by atoms with E-state index in [4.69, 9.17) is 28.4 Å². The van der Waals surface area contributed by atoms with E-state index >= 15 is 0 Å². The summed E-state index contributed by atoms with van der Waals surface area (Å²) >= 11 is 0. The lowest BCUT2D eigenvalue weighted by Crippen LogP contribution is -2.25. The molecule has 0 bridgehead atoms. The first-order chi connectivity index (χ1) is 66.8. The van der Waals surface area contributed by atoms with Crippen molar-refractivity contribution in [2.45, 2.75) is 244 Å². The van der Waals surface area contributed by atoms with Crippen molar-refractivity contribution in [1.29, 1.82) is 0 Å². The van der Waals surface area contributed by atoms with Crippen LogP contribution < -0.4 is 28.4 Å². The third-order valence-corrected chi connectivity index (χ3v) is 43.0. The van der Waals surface area contributed by atoms with Crippen LogP contribution in [0.4, 0.5) is 0 Å². The lowest BCUT2D eigenvalue weighted by Gasteiger charge is -2.20. The van der Waals surface area contributed by atoms with Crippen LogP contribution in [0.2, 0.25) is 0 Å². The molecule has 12 nitrogen and oxygen atoms in total. The Kier molecular flexibility index (Phi) is 36.1. The standard InChI is InChI=1S/C22H27O2S.C21H25O2S.C20H23O2S.C19H23O2S.C19H21O2S.C18H19O2S/c23-22(17-9-3-1-4-10-17)24-20-13-14-21(25-15-7-2-8-16-25)19-12-6-5-11-18(19)20;22-21(16-8-2-3-9-16)23-19-12-13-20(24-14-6-1-7-15-24)18-11-5-4-10-17(18)19;21-20(15-7-1-2-8-15)22-18-11-12-19(23-13-5-6-14-23)17-10-4-3-9-16(17)18;1-19(2,3)18(20)21-16-10-11-17(22-12-6-7-13-22)15-9-5-4-8-14(15)16;1-14(2)19(20)21-17-10-11-18(22-12-6-3-7-13-22)16-9-5-4-8-15(16)17;1-13(2)18(19)20-16-9-10-17(21-11-5-6-12-21)15-8-4-3-7-14(15)16/h5-6,11-14,17H,1-4,7-10,15-16H2;4-5,10-13,16H,1-3,6-9,14-15H2;3-4,9-12,15H,1-2,5-8,13-14H2;4-5,8-11H,6-7,12-13H2,1-3H3;4-5,8-11H,1,3,6-7,12-13H2,2H3;3-4,7-10H,1,5-6,11-12H2,2H3/q6*+1. The minimum absolute atomic E-state index is 0.0299. The van der Waals surface area contributed by atoms with Crippen LogP contribution in [0.15, 0.2) is 272 Å². The normalized spacial score (nSPS) is 17.8. The van der Waals surface area contributed by atoms with Gasteiger partial charge >= 0.3 is 35.8 Å². The highest BCUT2D eigenvalue weighted by atomic mass is 32.2. The molecule has 3 saturated carbocycles. The van der Waals surface area contributed by atoms with Gasteiger partial charge in [0.1, 0.15) is 104 Å². The largest absolute Gasteiger partial charge is 0.426 e. The molecule has 6 saturated heterocycles. The van der Waals surface area contributed by atoms with E-state index in [1.165, 1.54) is 233 Å². The number of rotatable bonds is 17. The zero-order valence-corrected chi connectivity index (χ0v) is 86.0. The number of ether oxygens (including phenoxy) is 6. The number of esters is 6. The highest BCUT2D eigenvalue weighted by molar-refractivity contribution is 7.98. The Morgan fingerprint density at radius 3 is 0.591 bits per heavy atom. The van der Waals surface area contributed by atoms with Gasteiger partial charge in [0.05, 0.1) is 23.2 Å². The van der Waals surface area contributed by atoms with Gasteiger partial charge in [-0.25, -0.2) is 9.59 Å². The first-order valence-corrected chi connectivity index (χ1v) is 59.9. The molecule has 6 heterocycles. The minimum Gasteiger partial charge on any atom is -0.426 e. The first-order valence-electron chi connectivity index (χ1n) is 50.6. The zero-order valence-electron chi connectivity index (χ0n) is 81.1. The summed E-state index contributed by atoms with van der Waals surface area (Å²) in [5.74, 6) is 19.1. The lowest BCUT2D eigenvalue weighted by atomic mass is 9.89. The predicted octanol–water partition coefficient (Wildman–Crippen LogP) is 28.4. The third kappa shape index (κ3) is 25.9. The van der Waals surface area contributed by atoms with E-state index in [1.54, 1.807) is 13.8 Å². The fraction of sp³-hybridized carbons (Fsp3) is 0.412. The van der Waals surface area contributed by atoms with Crippen LogP contribution in [-0.4, -0.2) is 105 Å². The van der Waals surface area contributed by atoms with Crippen molar-refractivity contribution in [3.05, 3.63) is 243 Å². The fourth-order valence-corrected chi connectivity index (χ4v) is 35.1. The second-order valence-corrected chi connectivity index (χ2v) is 52.3. The summed E-state index contributed by atoms with van der Waals surface area (Å²) in [7, 11) is 2.11. The van der Waals surface area contributed by atoms with E-state index in [0.29, 0.717) is 93.8 Å². The van der Waals surface area contributed by atoms with Crippen LogP contribution in [0, 0.1) is 23.2 Å². The van der Waals surface area contributed by atoms with Crippen LogP contribution in [0.1, 0.15) is 214 Å². The molecule has 9 fully saturated rings. The molecular weight excluding hydrogens is 1810 g/mol. The van der Waals surface area contributed by atoms with Gasteiger partial charge in [-0.2, -0.15) is 0 Å². The van der Waals surface area contributed by atoms with Crippen LogP contribution >= 0.6 is 0 Å². The maximum Gasteiger partial charge on any atom is 0.338 e. The van der Waals surface area contributed by atoms with Gasteiger partial charge in [0.15, 0.2) is 29.4 Å². The number of fused-ring (bicyclic) bond motifs is 6. The molecular formula is C119H138O12S6+6. The Labute approximate surface area is 829 Å². The molecule has 0 radical (unpaired) electrons. The molecule has 0 aromatic heterocycles. The van der Waals surface area contributed by atoms with Crippen molar-refractivity contribution in [2.24, 2.45) is 23.2 Å². The number of benzene rings is 12. The van der Waals surface area contributed by atoms with Gasteiger partial charge in [0.2, 0.25) is 0 Å². The molecule has 12 aromatic carbocycles. The quantitative estimate of drug-likeness (QED) is 0.0368. The predicted molar refractivity (Wildman–Crippen MR) is 579 cm³/mol. The number of hydrogen-bond acceptors (Lipinski definition) is 12. The molecule has 0 spiro atoms. The molecule has 716 valence electrons. The second-order valence-electron chi connectivity index (χ2n) is 38.9. The summed E-state index contributed by atoms with van der Waals surface area (Å²) < 4.78 is 34.1. The van der Waals surface area contributed by atoms with Gasteiger partial charge in [-0.3, -0.25) is 19.2 Å². The van der Waals surface area contributed by atoms with Gasteiger partial charge in [0.25, 0.3) is 0 Å². The summed E-state index contributed by atoms with van der Waals surface area (Å²) in [5, 5.41) is 13.9. The third-order valence-electron chi connectivity index (χ3n) is 27.7. The van der Waals surface area contributed by atoms with Crippen molar-refractivity contribution in [3.8, 4) is 34.5 Å². The number of carbonyl (C=O) groups excluding carboxylic acids is 6. The molecule has 6 aliphatic heterocycles. The molecule has 21 rings (SSSR count). The SMILES string of the molecule is C=C(C)C(=O)Oc1ccc([S+]2CCCC2)c2ccccc12.C=C(C)C(=O)Oc1ccc([S+]2CCCCC2)c2ccccc12.CC(C)(C)C(=O)Oc1ccc([S+]2CCCC2)c2ccccc12.O=C(Oc1ccc([S+]2CCCC2)c2ccccc12)C1CCCC1.O=C(Oc1ccc([S+]2CCCCC2)c2ccccc12)C1CCCC1.O=C(Oc1ccc([S+]2CCCCC2)c2ccccc12)C1CCCCC1. The second kappa shape index (κ2) is 49.1. The Bertz CT molecular complexity index is 6240. The lowest BCUT2D eigenvalue weighted by molar-refractivity contribution is -0.143. The van der Waals surface area contributed by atoms with Crippen LogP contribution in [0.25, 0.3) is 64.6 Å². The van der Waals surface area contributed by atoms with E-state index in [2.05, 4.69) is 147 Å². The maximum absolute atomic E-state index is 12.6. The van der Waals surface area contributed by atoms with Crippen LogP contribution in [0.3, 0.4) is 0 Å². The van der Waals surface area contributed by atoms with Crippen molar-refractivity contribution in [3.63, 3.8) is 0 Å². The Morgan fingerprint density at radius 2 is 0.394 bits per heavy atom. The molecule has 0 atom stereocenters. The Balaban J connectivity index is 0.000000119. The van der Waals surface area contributed by atoms with Crippen LogP contribution in [0.5, 0.6) is 34.5 Å². The number of carbonyl (C=O) groups is 6. The minimum atomic E-state index is -0.493.